The van der Waals surface area contributed by atoms with E-state index in [4.69, 9.17) is 15.0 Å². The van der Waals surface area contributed by atoms with E-state index in [-0.39, 0.29) is 0 Å². The van der Waals surface area contributed by atoms with Crippen molar-refractivity contribution in [3.05, 3.63) is 187 Å². The molecule has 6 aromatic carbocycles. The molecule has 47 heavy (non-hydrogen) atoms. The van der Waals surface area contributed by atoms with Crippen LogP contribution in [-0.4, -0.2) is 21.1 Å². The number of para-hydroxylation sites is 2. The molecule has 4 nitrogen and oxygen atoms in total. The zero-order chi connectivity index (χ0) is 32.2. The highest BCUT2D eigenvalue weighted by atomic mass is 15.1. The summed E-state index contributed by atoms with van der Waals surface area (Å²) < 4.78 is 2.20. The Morgan fingerprint density at radius 2 is 1.28 bits per heavy atom. The van der Waals surface area contributed by atoms with Crippen LogP contribution in [0.3, 0.4) is 0 Å². The lowest BCUT2D eigenvalue weighted by molar-refractivity contribution is 1.00. The number of nitrogens with zero attached hydrogens (tertiary/aromatic N) is 4. The number of fused-ring (bicyclic) bond motifs is 2. The minimum absolute atomic E-state index is 0.651. The topological polar surface area (TPSA) is 42.5 Å². The first-order chi connectivity index (χ1) is 23.1. The minimum Gasteiger partial charge on any atom is -0.297 e. The van der Waals surface area contributed by atoms with Gasteiger partial charge < -0.3 is 0 Å². The van der Waals surface area contributed by atoms with Crippen molar-refractivity contribution in [1.82, 2.24) is 9.55 Å². The predicted molar refractivity (Wildman–Crippen MR) is 199 cm³/mol. The van der Waals surface area contributed by atoms with Crippen molar-refractivity contribution in [3.8, 4) is 16.8 Å². The number of benzene rings is 6. The van der Waals surface area contributed by atoms with Gasteiger partial charge in [-0.15, -0.1) is 0 Å². The van der Waals surface area contributed by atoms with E-state index in [1.807, 2.05) is 74.5 Å². The standard InChI is InChI=1S/C43H34N4/c1-4-13-40(46-43(34-16-9-6-10-17-34)44-30(2)32-14-7-5-8-15-32)38-23-22-36-28-35(20-21-37(36)29-38)33-24-26-39(27-25-33)47-31(3)45-41-18-11-12-19-42(41)47/h4-29H,1H2,2-3H3/b40-13+,44-30+,46-43-. The predicted octanol–water partition coefficient (Wildman–Crippen LogP) is 10.6. The fraction of sp³-hybridized carbons (Fsp3) is 0.0465. The maximum Gasteiger partial charge on any atom is 0.160 e. The SMILES string of the molecule is C=C/C=C(/N=C(\N=C(/C)c1ccccc1)c1ccccc1)c1ccc2cc(-c3ccc(-n4c(C)nc5ccccc54)cc3)ccc2c1. The second-order valence-electron chi connectivity index (χ2n) is 11.5. The van der Waals surface area contributed by atoms with Crippen LogP contribution in [-0.2, 0) is 0 Å². The van der Waals surface area contributed by atoms with Crippen LogP contribution >= 0.6 is 0 Å². The first-order valence-corrected chi connectivity index (χ1v) is 15.7. The monoisotopic (exact) mass is 606 g/mol. The highest BCUT2D eigenvalue weighted by Gasteiger charge is 2.11. The summed E-state index contributed by atoms with van der Waals surface area (Å²) in [6, 6.07) is 50.3. The molecular weight excluding hydrogens is 573 g/mol. The Hall–Kier alpha value is -6.13. The molecule has 1 heterocycles. The Morgan fingerprint density at radius 3 is 2.02 bits per heavy atom. The maximum atomic E-state index is 5.11. The molecule has 0 aliphatic heterocycles. The molecule has 0 amide bonds. The maximum absolute atomic E-state index is 5.11. The van der Waals surface area contributed by atoms with E-state index in [9.17, 15) is 0 Å². The van der Waals surface area contributed by atoms with Crippen molar-refractivity contribution in [2.24, 2.45) is 9.98 Å². The molecule has 4 heteroatoms. The third-order valence-electron chi connectivity index (χ3n) is 8.32. The van der Waals surface area contributed by atoms with Crippen molar-refractivity contribution in [1.29, 1.82) is 0 Å². The molecule has 0 N–H and O–H groups in total. The Labute approximate surface area is 275 Å². The number of rotatable bonds is 7. The fourth-order valence-corrected chi connectivity index (χ4v) is 5.93. The van der Waals surface area contributed by atoms with Crippen LogP contribution in [0.1, 0.15) is 29.4 Å². The molecule has 0 spiro atoms. The van der Waals surface area contributed by atoms with Gasteiger partial charge in [0.2, 0.25) is 0 Å². The number of allylic oxidation sites excluding steroid dienone is 2. The van der Waals surface area contributed by atoms with Gasteiger partial charge in [0, 0.05) is 22.5 Å². The lowest BCUT2D eigenvalue weighted by Gasteiger charge is -2.11. The third-order valence-corrected chi connectivity index (χ3v) is 8.32. The van der Waals surface area contributed by atoms with Crippen LogP contribution in [0.15, 0.2) is 174 Å². The molecule has 226 valence electrons. The molecule has 0 aliphatic rings. The number of aryl methyl sites for hydroxylation is 1. The van der Waals surface area contributed by atoms with Gasteiger partial charge in [-0.2, -0.15) is 0 Å². The molecule has 0 radical (unpaired) electrons. The van der Waals surface area contributed by atoms with Crippen LogP contribution in [0.5, 0.6) is 0 Å². The average molecular weight is 607 g/mol. The van der Waals surface area contributed by atoms with Crippen LogP contribution in [0.2, 0.25) is 0 Å². The number of hydrogen-bond donors (Lipinski definition) is 0. The van der Waals surface area contributed by atoms with Gasteiger partial charge in [-0.25, -0.2) is 15.0 Å². The van der Waals surface area contributed by atoms with Gasteiger partial charge in [0.05, 0.1) is 16.7 Å². The number of aliphatic imine (C=N–C) groups is 2. The van der Waals surface area contributed by atoms with E-state index in [1.165, 1.54) is 5.56 Å². The van der Waals surface area contributed by atoms with Crippen molar-refractivity contribution in [2.75, 3.05) is 0 Å². The molecule has 0 unspecified atom stereocenters. The average Bonchev–Trinajstić information content (AvgIpc) is 3.47. The summed E-state index contributed by atoms with van der Waals surface area (Å²) >= 11 is 0. The summed E-state index contributed by atoms with van der Waals surface area (Å²) in [4.78, 5) is 14.8. The Bertz CT molecular complexity index is 2310. The molecule has 0 atom stereocenters. The summed E-state index contributed by atoms with van der Waals surface area (Å²) in [7, 11) is 0. The molecule has 7 rings (SSSR count). The van der Waals surface area contributed by atoms with Crippen LogP contribution < -0.4 is 0 Å². The van der Waals surface area contributed by atoms with Gasteiger partial charge in [-0.3, -0.25) is 4.57 Å². The fourth-order valence-electron chi connectivity index (χ4n) is 5.93. The second-order valence-corrected chi connectivity index (χ2v) is 11.5. The smallest absolute Gasteiger partial charge is 0.160 e. The van der Waals surface area contributed by atoms with Crippen molar-refractivity contribution < 1.29 is 0 Å². The van der Waals surface area contributed by atoms with Crippen molar-refractivity contribution in [2.45, 2.75) is 13.8 Å². The quantitative estimate of drug-likeness (QED) is 0.101. The number of amidine groups is 1. The van der Waals surface area contributed by atoms with Gasteiger partial charge in [0.15, 0.2) is 5.84 Å². The zero-order valence-corrected chi connectivity index (χ0v) is 26.5. The van der Waals surface area contributed by atoms with E-state index in [0.29, 0.717) is 5.84 Å². The molecular formula is C43H34N4. The number of imidazole rings is 1. The lowest BCUT2D eigenvalue weighted by Crippen LogP contribution is -2.04. The first-order valence-electron chi connectivity index (χ1n) is 15.7. The number of aromatic nitrogens is 2. The molecule has 0 aliphatic carbocycles. The normalized spacial score (nSPS) is 12.5. The molecule has 0 saturated heterocycles. The summed E-state index contributed by atoms with van der Waals surface area (Å²) in [6.45, 7) is 8.05. The third kappa shape index (κ3) is 6.22. The van der Waals surface area contributed by atoms with Gasteiger partial charge in [-0.05, 0) is 83.8 Å². The Kier molecular flexibility index (Phi) is 8.23. The van der Waals surface area contributed by atoms with E-state index < -0.39 is 0 Å². The summed E-state index contributed by atoms with van der Waals surface area (Å²) in [5.74, 6) is 1.63. The van der Waals surface area contributed by atoms with Crippen LogP contribution in [0.4, 0.5) is 0 Å². The summed E-state index contributed by atoms with van der Waals surface area (Å²) in [5, 5.41) is 2.30. The largest absolute Gasteiger partial charge is 0.297 e. The lowest BCUT2D eigenvalue weighted by atomic mass is 9.99. The molecule has 1 aromatic heterocycles. The molecule has 0 saturated carbocycles. The van der Waals surface area contributed by atoms with Crippen molar-refractivity contribution in [3.63, 3.8) is 0 Å². The Balaban J connectivity index is 1.21. The van der Waals surface area contributed by atoms with Crippen LogP contribution in [0, 0.1) is 6.92 Å². The van der Waals surface area contributed by atoms with E-state index in [2.05, 4.69) is 102 Å². The minimum atomic E-state index is 0.651. The molecule has 0 bridgehead atoms. The zero-order valence-electron chi connectivity index (χ0n) is 26.5. The van der Waals surface area contributed by atoms with E-state index in [1.54, 1.807) is 6.08 Å². The van der Waals surface area contributed by atoms with Crippen molar-refractivity contribution >= 4 is 39.1 Å². The number of hydrogen-bond acceptors (Lipinski definition) is 2. The van der Waals surface area contributed by atoms with Gasteiger partial charge in [0.1, 0.15) is 5.82 Å². The van der Waals surface area contributed by atoms with Gasteiger partial charge in [0.25, 0.3) is 0 Å². The second kappa shape index (κ2) is 13.1. The molecule has 7 aromatic rings. The summed E-state index contributed by atoms with van der Waals surface area (Å²) in [5.41, 5.74) is 10.3. The highest BCUT2D eigenvalue weighted by molar-refractivity contribution is 6.12. The van der Waals surface area contributed by atoms with E-state index in [0.717, 1.165) is 67.0 Å². The highest BCUT2D eigenvalue weighted by Crippen LogP contribution is 2.30. The van der Waals surface area contributed by atoms with Gasteiger partial charge >= 0.3 is 0 Å². The summed E-state index contributed by atoms with van der Waals surface area (Å²) in [6.07, 6.45) is 3.72. The van der Waals surface area contributed by atoms with Gasteiger partial charge in [-0.1, -0.05) is 122 Å². The van der Waals surface area contributed by atoms with E-state index >= 15 is 0 Å². The molecule has 0 fully saturated rings. The Morgan fingerprint density at radius 1 is 0.638 bits per heavy atom. The first kappa shape index (κ1) is 29.6. The van der Waals surface area contributed by atoms with Crippen LogP contribution in [0.25, 0.3) is 44.3 Å².